The van der Waals surface area contributed by atoms with E-state index in [1.54, 1.807) is 0 Å². The quantitative estimate of drug-likeness (QED) is 0.610. The van der Waals surface area contributed by atoms with E-state index in [-0.39, 0.29) is 0 Å². The van der Waals surface area contributed by atoms with Crippen LogP contribution in [0.5, 0.6) is 0 Å². The third kappa shape index (κ3) is 2.64. The summed E-state index contributed by atoms with van der Waals surface area (Å²) in [4.78, 5) is 4.63. The van der Waals surface area contributed by atoms with E-state index in [0.29, 0.717) is 0 Å². The van der Waals surface area contributed by atoms with Gasteiger partial charge in [-0.3, -0.25) is 0 Å². The minimum absolute atomic E-state index is 0.746. The maximum absolute atomic E-state index is 5.89. The third-order valence-corrected chi connectivity index (χ3v) is 3.14. The Morgan fingerprint density at radius 3 is 2.32 bits per heavy atom. The lowest BCUT2D eigenvalue weighted by molar-refractivity contribution is 1.11. The molecule has 3 rings (SSSR count). The first-order chi connectivity index (χ1) is 9.25. The molecule has 0 unspecified atom stereocenters. The van der Waals surface area contributed by atoms with E-state index < -0.39 is 0 Å². The molecular formula is C16H17ClN2. The van der Waals surface area contributed by atoms with Crippen LogP contribution in [-0.4, -0.2) is 9.38 Å². The second-order valence-corrected chi connectivity index (χ2v) is 4.42. The van der Waals surface area contributed by atoms with Crippen molar-refractivity contribution in [3.05, 3.63) is 59.4 Å². The molecule has 19 heavy (non-hydrogen) atoms. The van der Waals surface area contributed by atoms with Crippen LogP contribution < -0.4 is 0 Å². The van der Waals surface area contributed by atoms with Crippen molar-refractivity contribution in [2.75, 3.05) is 0 Å². The summed E-state index contributed by atoms with van der Waals surface area (Å²) in [6.45, 7) is 6.07. The van der Waals surface area contributed by atoms with E-state index in [9.17, 15) is 0 Å². The number of aryl methyl sites for hydroxylation is 1. The monoisotopic (exact) mass is 272 g/mol. The van der Waals surface area contributed by atoms with Crippen LogP contribution in [0.4, 0.5) is 0 Å². The maximum Gasteiger partial charge on any atom is 0.137 e. The van der Waals surface area contributed by atoms with E-state index in [1.165, 1.54) is 0 Å². The van der Waals surface area contributed by atoms with E-state index in [4.69, 9.17) is 11.6 Å². The largest absolute Gasteiger partial charge is 0.304 e. The molecule has 98 valence electrons. The van der Waals surface area contributed by atoms with E-state index in [0.717, 1.165) is 27.6 Å². The molecular weight excluding hydrogens is 256 g/mol. The molecule has 0 bridgehead atoms. The molecule has 0 N–H and O–H groups in total. The summed E-state index contributed by atoms with van der Waals surface area (Å²) in [7, 11) is 0. The van der Waals surface area contributed by atoms with Gasteiger partial charge in [0.2, 0.25) is 0 Å². The molecule has 3 aromatic rings. The van der Waals surface area contributed by atoms with Crippen molar-refractivity contribution >= 4 is 17.2 Å². The number of nitrogens with zero attached hydrogens (tertiary/aromatic N) is 2. The van der Waals surface area contributed by atoms with Gasteiger partial charge >= 0.3 is 0 Å². The molecule has 0 radical (unpaired) electrons. The van der Waals surface area contributed by atoms with Crippen molar-refractivity contribution in [3.63, 3.8) is 0 Å². The highest BCUT2D eigenvalue weighted by Gasteiger charge is 2.09. The number of rotatable bonds is 1. The number of fused-ring (bicyclic) bond motifs is 1. The number of halogens is 1. The van der Waals surface area contributed by atoms with Gasteiger partial charge in [0.05, 0.1) is 5.69 Å². The SMILES string of the molecule is CC.Cc1c(-c2ccc(Cl)cc2)nc2ccccn12. The summed E-state index contributed by atoms with van der Waals surface area (Å²) in [5, 5.41) is 0.746. The summed E-state index contributed by atoms with van der Waals surface area (Å²) in [5.74, 6) is 0. The van der Waals surface area contributed by atoms with Gasteiger partial charge in [0.1, 0.15) is 5.65 Å². The molecule has 2 heterocycles. The first-order valence-electron chi connectivity index (χ1n) is 6.45. The van der Waals surface area contributed by atoms with Gasteiger partial charge in [-0.2, -0.15) is 0 Å². The first kappa shape index (κ1) is 13.6. The van der Waals surface area contributed by atoms with Gasteiger partial charge in [-0.25, -0.2) is 4.98 Å². The predicted octanol–water partition coefficient (Wildman–Crippen LogP) is 4.99. The smallest absolute Gasteiger partial charge is 0.137 e. The van der Waals surface area contributed by atoms with E-state index >= 15 is 0 Å². The highest BCUT2D eigenvalue weighted by Crippen LogP contribution is 2.24. The molecule has 0 amide bonds. The predicted molar refractivity (Wildman–Crippen MR) is 81.7 cm³/mol. The number of aromatic nitrogens is 2. The molecule has 1 aromatic carbocycles. The summed E-state index contributed by atoms with van der Waals surface area (Å²) in [6, 6.07) is 13.8. The molecule has 0 spiro atoms. The van der Waals surface area contributed by atoms with Crippen LogP contribution in [0.3, 0.4) is 0 Å². The van der Waals surface area contributed by atoms with Crippen LogP contribution in [0.25, 0.3) is 16.9 Å². The highest BCUT2D eigenvalue weighted by molar-refractivity contribution is 6.30. The normalized spacial score (nSPS) is 10.1. The zero-order valence-corrected chi connectivity index (χ0v) is 12.1. The van der Waals surface area contributed by atoms with Crippen molar-refractivity contribution in [2.24, 2.45) is 0 Å². The van der Waals surface area contributed by atoms with Crippen LogP contribution in [0.15, 0.2) is 48.7 Å². The Kier molecular flexibility index (Phi) is 4.23. The Morgan fingerprint density at radius 1 is 1.00 bits per heavy atom. The molecule has 0 aliphatic heterocycles. The van der Waals surface area contributed by atoms with Crippen LogP contribution in [0, 0.1) is 6.92 Å². The fourth-order valence-corrected chi connectivity index (χ4v) is 2.13. The minimum atomic E-state index is 0.746. The van der Waals surface area contributed by atoms with Gasteiger partial charge in [-0.15, -0.1) is 0 Å². The van der Waals surface area contributed by atoms with Gasteiger partial charge in [0.15, 0.2) is 0 Å². The lowest BCUT2D eigenvalue weighted by Gasteiger charge is -1.99. The van der Waals surface area contributed by atoms with Gasteiger partial charge in [-0.1, -0.05) is 43.6 Å². The standard InChI is InChI=1S/C14H11ClN2.C2H6/c1-10-14(11-5-7-12(15)8-6-11)16-13-4-2-3-9-17(10)13;1-2/h2-9H,1H3;1-2H3. The minimum Gasteiger partial charge on any atom is -0.304 e. The Morgan fingerprint density at radius 2 is 1.68 bits per heavy atom. The Hall–Kier alpha value is -1.80. The number of pyridine rings is 1. The Bertz CT molecular complexity index is 669. The van der Waals surface area contributed by atoms with Crippen molar-refractivity contribution < 1.29 is 0 Å². The molecule has 0 aliphatic rings. The van der Waals surface area contributed by atoms with Crippen molar-refractivity contribution in [3.8, 4) is 11.3 Å². The van der Waals surface area contributed by atoms with Gasteiger partial charge in [0.25, 0.3) is 0 Å². The average Bonchev–Trinajstić information content (AvgIpc) is 2.80. The van der Waals surface area contributed by atoms with Crippen molar-refractivity contribution in [2.45, 2.75) is 20.8 Å². The first-order valence-corrected chi connectivity index (χ1v) is 6.83. The van der Waals surface area contributed by atoms with E-state index in [2.05, 4.69) is 16.3 Å². The zero-order chi connectivity index (χ0) is 13.8. The highest BCUT2D eigenvalue weighted by atomic mass is 35.5. The number of imidazole rings is 1. The summed E-state index contributed by atoms with van der Waals surface area (Å²) in [6.07, 6.45) is 2.02. The summed E-state index contributed by atoms with van der Waals surface area (Å²) >= 11 is 5.89. The van der Waals surface area contributed by atoms with Gasteiger partial charge in [-0.05, 0) is 31.2 Å². The Balaban J connectivity index is 0.000000637. The summed E-state index contributed by atoms with van der Waals surface area (Å²) in [5.41, 5.74) is 4.21. The number of benzene rings is 1. The molecule has 2 nitrogen and oxygen atoms in total. The fraction of sp³-hybridized carbons (Fsp3) is 0.188. The topological polar surface area (TPSA) is 17.3 Å². The van der Waals surface area contributed by atoms with Crippen LogP contribution in [-0.2, 0) is 0 Å². The van der Waals surface area contributed by atoms with Gasteiger partial charge < -0.3 is 4.40 Å². The fourth-order valence-electron chi connectivity index (χ4n) is 2.00. The van der Waals surface area contributed by atoms with Crippen LogP contribution in [0.1, 0.15) is 19.5 Å². The van der Waals surface area contributed by atoms with Crippen molar-refractivity contribution in [1.29, 1.82) is 0 Å². The summed E-state index contributed by atoms with van der Waals surface area (Å²) < 4.78 is 2.09. The molecule has 3 heteroatoms. The number of hydrogen-bond acceptors (Lipinski definition) is 1. The lowest BCUT2D eigenvalue weighted by atomic mass is 10.1. The second-order valence-electron chi connectivity index (χ2n) is 3.98. The molecule has 0 saturated heterocycles. The average molecular weight is 273 g/mol. The second kappa shape index (κ2) is 5.89. The molecule has 0 saturated carbocycles. The van der Waals surface area contributed by atoms with Gasteiger partial charge in [0, 0.05) is 22.5 Å². The molecule has 0 atom stereocenters. The third-order valence-electron chi connectivity index (χ3n) is 2.89. The number of hydrogen-bond donors (Lipinski definition) is 0. The molecule has 0 fully saturated rings. The lowest BCUT2D eigenvalue weighted by Crippen LogP contribution is -1.85. The zero-order valence-electron chi connectivity index (χ0n) is 11.4. The Labute approximate surface area is 118 Å². The van der Waals surface area contributed by atoms with Crippen LogP contribution in [0.2, 0.25) is 5.02 Å². The van der Waals surface area contributed by atoms with E-state index in [1.807, 2.05) is 62.5 Å². The molecule has 2 aromatic heterocycles. The van der Waals surface area contributed by atoms with Crippen LogP contribution >= 0.6 is 11.6 Å². The molecule has 0 aliphatic carbocycles. The van der Waals surface area contributed by atoms with Crippen molar-refractivity contribution in [1.82, 2.24) is 9.38 Å². The maximum atomic E-state index is 5.89.